The number of hydrogen-bond acceptors (Lipinski definition) is 3. The highest BCUT2D eigenvalue weighted by atomic mass is 32.1. The molecule has 2 unspecified atom stereocenters. The number of hydrogen-bond donors (Lipinski definition) is 1. The van der Waals surface area contributed by atoms with E-state index in [1.165, 1.54) is 9.75 Å². The standard InChI is InChI=1S/C14H20N2OS/c1-4-5-12(9-15)14(17)16-10(2)8-13-7-6-11(3)18-13/h6-7,10,12H,4-5,8H2,1-3H3,(H,16,17). The van der Waals surface area contributed by atoms with Gasteiger partial charge in [-0.1, -0.05) is 13.3 Å². The predicted octanol–water partition coefficient (Wildman–Crippen LogP) is 3.04. The lowest BCUT2D eigenvalue weighted by atomic mass is 10.0. The van der Waals surface area contributed by atoms with Gasteiger partial charge in [0, 0.05) is 22.2 Å². The van der Waals surface area contributed by atoms with Gasteiger partial charge in [0.05, 0.1) is 6.07 Å². The zero-order valence-corrected chi connectivity index (χ0v) is 12.0. The molecule has 0 aliphatic rings. The molecule has 0 aliphatic heterocycles. The Hall–Kier alpha value is -1.34. The first kappa shape index (κ1) is 14.7. The molecule has 0 aliphatic carbocycles. The molecule has 2 atom stereocenters. The van der Waals surface area contributed by atoms with Crippen molar-refractivity contribution in [1.82, 2.24) is 5.32 Å². The number of rotatable bonds is 6. The van der Waals surface area contributed by atoms with Crippen molar-refractivity contribution in [2.75, 3.05) is 0 Å². The molecular weight excluding hydrogens is 244 g/mol. The Labute approximate surface area is 113 Å². The number of nitrogens with one attached hydrogen (secondary N) is 1. The van der Waals surface area contributed by atoms with Gasteiger partial charge in [-0.05, 0) is 32.4 Å². The number of thiophene rings is 1. The van der Waals surface area contributed by atoms with Crippen molar-refractivity contribution in [3.05, 3.63) is 21.9 Å². The molecule has 0 fully saturated rings. The van der Waals surface area contributed by atoms with Crippen LogP contribution in [0.5, 0.6) is 0 Å². The first-order valence-corrected chi connectivity index (χ1v) is 7.13. The lowest BCUT2D eigenvalue weighted by molar-refractivity contribution is -0.124. The first-order chi connectivity index (χ1) is 8.56. The van der Waals surface area contributed by atoms with Crippen molar-refractivity contribution < 1.29 is 4.79 Å². The Kier molecular flexibility index (Phi) is 5.87. The van der Waals surface area contributed by atoms with Gasteiger partial charge in [-0.15, -0.1) is 11.3 Å². The van der Waals surface area contributed by atoms with Crippen LogP contribution in [0.15, 0.2) is 12.1 Å². The second-order valence-electron chi connectivity index (χ2n) is 4.60. The number of nitriles is 1. The van der Waals surface area contributed by atoms with Crippen LogP contribution >= 0.6 is 11.3 Å². The van der Waals surface area contributed by atoms with Crippen LogP contribution in [0.4, 0.5) is 0 Å². The summed E-state index contributed by atoms with van der Waals surface area (Å²) < 4.78 is 0. The number of nitrogens with zero attached hydrogens (tertiary/aromatic N) is 1. The summed E-state index contributed by atoms with van der Waals surface area (Å²) in [5, 5.41) is 11.8. The smallest absolute Gasteiger partial charge is 0.237 e. The van der Waals surface area contributed by atoms with Crippen LogP contribution in [0, 0.1) is 24.2 Å². The fraction of sp³-hybridized carbons (Fsp3) is 0.571. The monoisotopic (exact) mass is 264 g/mol. The summed E-state index contributed by atoms with van der Waals surface area (Å²) in [4.78, 5) is 14.4. The Morgan fingerprint density at radius 2 is 2.28 bits per heavy atom. The second kappa shape index (κ2) is 7.17. The summed E-state index contributed by atoms with van der Waals surface area (Å²) in [6, 6.07) is 6.32. The number of amides is 1. The third kappa shape index (κ3) is 4.50. The number of carbonyl (C=O) groups is 1. The SMILES string of the molecule is CCCC(C#N)C(=O)NC(C)Cc1ccc(C)s1. The van der Waals surface area contributed by atoms with Gasteiger partial charge in [0.15, 0.2) is 0 Å². The van der Waals surface area contributed by atoms with Crippen molar-refractivity contribution in [3.8, 4) is 6.07 Å². The highest BCUT2D eigenvalue weighted by molar-refractivity contribution is 7.11. The lowest BCUT2D eigenvalue weighted by Gasteiger charge is -2.15. The largest absolute Gasteiger partial charge is 0.352 e. The van der Waals surface area contributed by atoms with Gasteiger partial charge in [0.2, 0.25) is 5.91 Å². The van der Waals surface area contributed by atoms with Crippen molar-refractivity contribution in [2.45, 2.75) is 46.1 Å². The molecule has 1 rings (SSSR count). The van der Waals surface area contributed by atoms with Crippen molar-refractivity contribution in [2.24, 2.45) is 5.92 Å². The molecule has 98 valence electrons. The topological polar surface area (TPSA) is 52.9 Å². The van der Waals surface area contributed by atoms with Crippen molar-refractivity contribution in [1.29, 1.82) is 5.26 Å². The normalized spacial score (nSPS) is 13.7. The highest BCUT2D eigenvalue weighted by Gasteiger charge is 2.18. The Morgan fingerprint density at radius 1 is 1.56 bits per heavy atom. The zero-order valence-electron chi connectivity index (χ0n) is 11.2. The third-order valence-electron chi connectivity index (χ3n) is 2.74. The highest BCUT2D eigenvalue weighted by Crippen LogP contribution is 2.17. The number of aryl methyl sites for hydroxylation is 1. The fourth-order valence-electron chi connectivity index (χ4n) is 1.83. The van der Waals surface area contributed by atoms with E-state index in [0.29, 0.717) is 6.42 Å². The summed E-state index contributed by atoms with van der Waals surface area (Å²) in [6.45, 7) is 6.03. The second-order valence-corrected chi connectivity index (χ2v) is 5.97. The van der Waals surface area contributed by atoms with Crippen LogP contribution in [-0.4, -0.2) is 11.9 Å². The summed E-state index contributed by atoms with van der Waals surface area (Å²) in [5.41, 5.74) is 0. The van der Waals surface area contributed by atoms with Gasteiger partial charge in [-0.3, -0.25) is 4.79 Å². The maximum absolute atomic E-state index is 11.8. The molecule has 0 radical (unpaired) electrons. The number of carbonyl (C=O) groups excluding carboxylic acids is 1. The van der Waals surface area contributed by atoms with E-state index >= 15 is 0 Å². The molecule has 0 saturated heterocycles. The van der Waals surface area contributed by atoms with E-state index in [-0.39, 0.29) is 11.9 Å². The average Bonchev–Trinajstić information content (AvgIpc) is 2.71. The minimum absolute atomic E-state index is 0.0725. The minimum atomic E-state index is -0.512. The summed E-state index contributed by atoms with van der Waals surface area (Å²) in [5.74, 6) is -0.650. The first-order valence-electron chi connectivity index (χ1n) is 6.32. The van der Waals surface area contributed by atoms with E-state index in [9.17, 15) is 4.79 Å². The van der Waals surface area contributed by atoms with E-state index in [0.717, 1.165) is 12.8 Å². The molecule has 1 amide bonds. The molecule has 1 aromatic rings. The maximum atomic E-state index is 11.8. The molecule has 1 heterocycles. The molecule has 0 aromatic carbocycles. The molecule has 0 saturated carbocycles. The third-order valence-corrected chi connectivity index (χ3v) is 3.76. The molecule has 0 bridgehead atoms. The molecular formula is C14H20N2OS. The van der Waals surface area contributed by atoms with Crippen LogP contribution < -0.4 is 5.32 Å². The summed E-state index contributed by atoms with van der Waals surface area (Å²) in [7, 11) is 0. The summed E-state index contributed by atoms with van der Waals surface area (Å²) >= 11 is 1.75. The van der Waals surface area contributed by atoms with Crippen LogP contribution in [0.3, 0.4) is 0 Å². The molecule has 3 nitrogen and oxygen atoms in total. The maximum Gasteiger partial charge on any atom is 0.237 e. The Morgan fingerprint density at radius 3 is 2.78 bits per heavy atom. The van der Waals surface area contributed by atoms with E-state index < -0.39 is 5.92 Å². The van der Waals surface area contributed by atoms with Crippen LogP contribution in [0.1, 0.15) is 36.4 Å². The van der Waals surface area contributed by atoms with Gasteiger partial charge in [-0.25, -0.2) is 0 Å². The molecule has 1 N–H and O–H groups in total. The Bertz CT molecular complexity index is 433. The van der Waals surface area contributed by atoms with Gasteiger partial charge < -0.3 is 5.32 Å². The molecule has 18 heavy (non-hydrogen) atoms. The van der Waals surface area contributed by atoms with Gasteiger partial charge >= 0.3 is 0 Å². The molecule has 4 heteroatoms. The van der Waals surface area contributed by atoms with E-state index in [2.05, 4.69) is 30.4 Å². The van der Waals surface area contributed by atoms with Crippen molar-refractivity contribution >= 4 is 17.2 Å². The van der Waals surface area contributed by atoms with Crippen LogP contribution in [0.25, 0.3) is 0 Å². The fourth-order valence-corrected chi connectivity index (χ4v) is 2.85. The van der Waals surface area contributed by atoms with Crippen LogP contribution in [0.2, 0.25) is 0 Å². The van der Waals surface area contributed by atoms with E-state index in [1.54, 1.807) is 11.3 Å². The van der Waals surface area contributed by atoms with Crippen LogP contribution in [-0.2, 0) is 11.2 Å². The van der Waals surface area contributed by atoms with Gasteiger partial charge in [0.25, 0.3) is 0 Å². The quantitative estimate of drug-likeness (QED) is 0.858. The van der Waals surface area contributed by atoms with E-state index in [1.807, 2.05) is 13.8 Å². The zero-order chi connectivity index (χ0) is 13.5. The minimum Gasteiger partial charge on any atom is -0.352 e. The van der Waals surface area contributed by atoms with Gasteiger partial charge in [0.1, 0.15) is 5.92 Å². The van der Waals surface area contributed by atoms with Gasteiger partial charge in [-0.2, -0.15) is 5.26 Å². The molecule has 1 aromatic heterocycles. The predicted molar refractivity (Wildman–Crippen MR) is 74.4 cm³/mol. The average molecular weight is 264 g/mol. The van der Waals surface area contributed by atoms with Crippen molar-refractivity contribution in [3.63, 3.8) is 0 Å². The lowest BCUT2D eigenvalue weighted by Crippen LogP contribution is -2.37. The molecule has 0 spiro atoms. The van der Waals surface area contributed by atoms with E-state index in [4.69, 9.17) is 5.26 Å². The Balaban J connectivity index is 2.46. The summed E-state index contributed by atoms with van der Waals surface area (Å²) in [6.07, 6.45) is 2.31.